The predicted octanol–water partition coefficient (Wildman–Crippen LogP) is 1.62. The molecule has 1 aliphatic rings. The molecule has 14 heteroatoms. The normalized spacial score (nSPS) is 20.4. The molecular formula is C19H31F2N4O7P. The van der Waals surface area contributed by atoms with E-state index in [9.17, 15) is 23.7 Å². The van der Waals surface area contributed by atoms with Crippen LogP contribution in [0.3, 0.4) is 0 Å². The van der Waals surface area contributed by atoms with E-state index in [-0.39, 0.29) is 11.9 Å². The van der Waals surface area contributed by atoms with Crippen LogP contribution in [0.5, 0.6) is 0 Å². The molecule has 1 aromatic rings. The molecule has 11 nitrogen and oxygen atoms in total. The van der Waals surface area contributed by atoms with Crippen LogP contribution in [0.15, 0.2) is 17.1 Å². The molecule has 2 rings (SSSR count). The van der Waals surface area contributed by atoms with Gasteiger partial charge in [0.1, 0.15) is 37.3 Å². The van der Waals surface area contributed by atoms with Gasteiger partial charge in [0.05, 0.1) is 0 Å². The Balaban J connectivity index is 1.94. The van der Waals surface area contributed by atoms with Gasteiger partial charge in [0.25, 0.3) is 14.0 Å². The van der Waals surface area contributed by atoms with Crippen molar-refractivity contribution in [1.29, 1.82) is 0 Å². The molecule has 5 atom stereocenters. The van der Waals surface area contributed by atoms with Crippen molar-refractivity contribution < 1.29 is 37.2 Å². The number of nitrogens with zero attached hydrogens (tertiary/aromatic N) is 2. The van der Waals surface area contributed by atoms with Crippen LogP contribution in [-0.4, -0.2) is 58.0 Å². The highest BCUT2D eigenvalue weighted by Gasteiger charge is 2.41. The molecular weight excluding hydrogens is 465 g/mol. The SMILES string of the molecule is C[C@H](N[PH](=O)OC[C@@](F)(O[C@H](CF)n1ccc(N)nc1=O)[C@H](C)O)C(=O)OC1CCCCC1. The van der Waals surface area contributed by atoms with E-state index in [1.165, 1.54) is 13.0 Å². The summed E-state index contributed by atoms with van der Waals surface area (Å²) >= 11 is 0. The van der Waals surface area contributed by atoms with Crippen molar-refractivity contribution in [3.8, 4) is 0 Å². The molecule has 0 aliphatic heterocycles. The molecule has 0 bridgehead atoms. The second-order valence-electron chi connectivity index (χ2n) is 7.87. The van der Waals surface area contributed by atoms with Crippen molar-refractivity contribution >= 4 is 20.0 Å². The molecule has 1 fully saturated rings. The number of alkyl halides is 2. The number of nitrogen functional groups attached to an aromatic ring is 1. The summed E-state index contributed by atoms with van der Waals surface area (Å²) in [6, 6.07) is 0.195. The second kappa shape index (κ2) is 12.5. The molecule has 1 aliphatic carbocycles. The largest absolute Gasteiger partial charge is 0.461 e. The fourth-order valence-corrected chi connectivity index (χ4v) is 4.06. The number of nitrogens with two attached hydrogens (primary N) is 1. The number of nitrogens with one attached hydrogen (secondary N) is 1. The lowest BCUT2D eigenvalue weighted by Crippen LogP contribution is -2.46. The zero-order valence-corrected chi connectivity index (χ0v) is 19.5. The zero-order valence-electron chi connectivity index (χ0n) is 18.5. The number of aromatic nitrogens is 2. The topological polar surface area (TPSA) is 155 Å². The van der Waals surface area contributed by atoms with E-state index in [1.807, 2.05) is 0 Å². The van der Waals surface area contributed by atoms with Crippen molar-refractivity contribution in [3.63, 3.8) is 0 Å². The van der Waals surface area contributed by atoms with Crippen LogP contribution in [0.4, 0.5) is 14.6 Å². The fourth-order valence-electron chi connectivity index (χ4n) is 3.18. The minimum Gasteiger partial charge on any atom is -0.461 e. The van der Waals surface area contributed by atoms with E-state index in [4.69, 9.17) is 19.7 Å². The van der Waals surface area contributed by atoms with Gasteiger partial charge in [0.2, 0.25) is 0 Å². The van der Waals surface area contributed by atoms with Crippen molar-refractivity contribution in [2.24, 2.45) is 0 Å². The minimum atomic E-state index is -3.18. The third kappa shape index (κ3) is 8.11. The number of carbonyl (C=O) groups is 1. The van der Waals surface area contributed by atoms with Crippen LogP contribution in [0.2, 0.25) is 0 Å². The van der Waals surface area contributed by atoms with Crippen LogP contribution in [-0.2, 0) is 23.4 Å². The van der Waals surface area contributed by atoms with E-state index in [1.54, 1.807) is 0 Å². The number of carbonyl (C=O) groups excluding carboxylic acids is 1. The van der Waals surface area contributed by atoms with Gasteiger partial charge in [-0.25, -0.2) is 18.7 Å². The second-order valence-corrected chi connectivity index (χ2v) is 9.02. The Morgan fingerprint density at radius 2 is 2.09 bits per heavy atom. The van der Waals surface area contributed by atoms with E-state index in [2.05, 4.69) is 10.1 Å². The first kappa shape index (κ1) is 27.3. The van der Waals surface area contributed by atoms with E-state index in [0.717, 1.165) is 45.2 Å². The van der Waals surface area contributed by atoms with E-state index >= 15 is 4.39 Å². The van der Waals surface area contributed by atoms with Gasteiger partial charge in [0, 0.05) is 6.20 Å². The Hall–Kier alpha value is -1.92. The molecule has 0 amide bonds. The molecule has 188 valence electrons. The lowest BCUT2D eigenvalue weighted by molar-refractivity contribution is -0.260. The maximum Gasteiger partial charge on any atom is 0.351 e. The summed E-state index contributed by atoms with van der Waals surface area (Å²) in [5, 5.41) is 12.2. The predicted molar refractivity (Wildman–Crippen MR) is 115 cm³/mol. The molecule has 0 spiro atoms. The number of halogens is 2. The summed E-state index contributed by atoms with van der Waals surface area (Å²) in [6.07, 6.45) is 1.77. The first-order valence-corrected chi connectivity index (χ1v) is 12.0. The van der Waals surface area contributed by atoms with Crippen LogP contribution in [0.25, 0.3) is 0 Å². The van der Waals surface area contributed by atoms with Gasteiger partial charge >= 0.3 is 11.7 Å². The summed E-state index contributed by atoms with van der Waals surface area (Å²) in [6.45, 7) is 0.0109. The summed E-state index contributed by atoms with van der Waals surface area (Å²) in [4.78, 5) is 27.5. The van der Waals surface area contributed by atoms with Crippen LogP contribution in [0.1, 0.15) is 52.2 Å². The monoisotopic (exact) mass is 496 g/mol. The van der Waals surface area contributed by atoms with Crippen molar-refractivity contribution in [3.05, 3.63) is 22.7 Å². The molecule has 1 saturated carbocycles. The standard InChI is InChI=1S/C19H31F2N4O7P/c1-12(17(27)31-14-6-4-3-5-7-14)24-33(29)30-11-19(21,13(2)26)32-16(10-20)25-9-8-15(22)23-18(25)28/h8-9,12-14,16,26,33H,3-7,10-11H2,1-2H3,(H,24,29)(H2,22,23,28)/t12-,13-,16+,19+/m0/s1. The summed E-state index contributed by atoms with van der Waals surface area (Å²) < 4.78 is 56.9. The number of rotatable bonds is 12. The van der Waals surface area contributed by atoms with Gasteiger partial charge < -0.3 is 24.8 Å². The summed E-state index contributed by atoms with van der Waals surface area (Å²) in [7, 11) is -3.18. The molecule has 1 aromatic heterocycles. The molecule has 0 aromatic carbocycles. The van der Waals surface area contributed by atoms with Crippen LogP contribution in [0, 0.1) is 0 Å². The highest BCUT2D eigenvalue weighted by Crippen LogP contribution is 2.30. The Kier molecular flexibility index (Phi) is 10.4. The van der Waals surface area contributed by atoms with Gasteiger partial charge in [-0.15, -0.1) is 0 Å². The Bertz CT molecular complexity index is 869. The van der Waals surface area contributed by atoms with Crippen molar-refractivity contribution in [1.82, 2.24) is 14.6 Å². The average Bonchev–Trinajstić information content (AvgIpc) is 2.77. The zero-order chi connectivity index (χ0) is 24.6. The Labute approximate surface area is 190 Å². The van der Waals surface area contributed by atoms with Gasteiger partial charge in [-0.05, 0) is 45.6 Å². The number of aliphatic hydroxyl groups excluding tert-OH is 1. The van der Waals surface area contributed by atoms with Gasteiger partial charge in [-0.3, -0.25) is 13.9 Å². The number of hydrogen-bond donors (Lipinski definition) is 3. The fraction of sp³-hybridized carbons (Fsp3) is 0.737. The third-order valence-corrected chi connectivity index (χ3v) is 6.25. The molecule has 1 heterocycles. The molecule has 33 heavy (non-hydrogen) atoms. The number of anilines is 1. The number of ether oxygens (including phenoxy) is 2. The first-order chi connectivity index (χ1) is 15.6. The molecule has 0 radical (unpaired) electrons. The maximum absolute atomic E-state index is 15.2. The number of esters is 1. The first-order valence-electron chi connectivity index (χ1n) is 10.6. The third-order valence-electron chi connectivity index (χ3n) is 5.17. The van der Waals surface area contributed by atoms with E-state index in [0.29, 0.717) is 4.57 Å². The lowest BCUT2D eigenvalue weighted by atomic mass is 9.98. The summed E-state index contributed by atoms with van der Waals surface area (Å²) in [5.74, 6) is -3.78. The molecule has 1 unspecified atom stereocenters. The number of aliphatic hydroxyl groups is 1. The van der Waals surface area contributed by atoms with E-state index < -0.39 is 57.3 Å². The minimum absolute atomic E-state index is 0.125. The molecule has 4 N–H and O–H groups in total. The average molecular weight is 496 g/mol. The molecule has 0 saturated heterocycles. The smallest absolute Gasteiger partial charge is 0.351 e. The van der Waals surface area contributed by atoms with Gasteiger partial charge in [-0.2, -0.15) is 4.98 Å². The highest BCUT2D eigenvalue weighted by molar-refractivity contribution is 7.36. The van der Waals surface area contributed by atoms with Gasteiger partial charge in [0.15, 0.2) is 6.23 Å². The highest BCUT2D eigenvalue weighted by atomic mass is 31.1. The Morgan fingerprint density at radius 1 is 1.42 bits per heavy atom. The van der Waals surface area contributed by atoms with Crippen LogP contribution >= 0.6 is 8.18 Å². The quantitative estimate of drug-likeness (QED) is 0.287. The van der Waals surface area contributed by atoms with Gasteiger partial charge in [-0.1, -0.05) is 6.42 Å². The van der Waals surface area contributed by atoms with Crippen molar-refractivity contribution in [2.75, 3.05) is 19.0 Å². The maximum atomic E-state index is 15.2. The number of hydrogen-bond acceptors (Lipinski definition) is 9. The van der Waals surface area contributed by atoms with Crippen molar-refractivity contribution in [2.45, 2.75) is 76.3 Å². The summed E-state index contributed by atoms with van der Waals surface area (Å²) in [5.41, 5.74) is 4.38. The lowest BCUT2D eigenvalue weighted by Gasteiger charge is -2.32. The van der Waals surface area contributed by atoms with Crippen LogP contribution < -0.4 is 16.5 Å². The Morgan fingerprint density at radius 3 is 2.67 bits per heavy atom.